The van der Waals surface area contributed by atoms with Crippen LogP contribution in [-0.4, -0.2) is 29.1 Å². The minimum Gasteiger partial charge on any atom is -0.484 e. The Balaban J connectivity index is 1.67. The third-order valence-electron chi connectivity index (χ3n) is 4.46. The van der Waals surface area contributed by atoms with Crippen molar-refractivity contribution in [1.29, 1.82) is 0 Å². The fraction of sp³-hybridized carbons (Fsp3) is 0.300. The van der Waals surface area contributed by atoms with Crippen molar-refractivity contribution in [2.24, 2.45) is 0 Å². The van der Waals surface area contributed by atoms with Crippen LogP contribution in [-0.2, 0) is 22.4 Å². The molecule has 0 aliphatic heterocycles. The van der Waals surface area contributed by atoms with E-state index in [0.29, 0.717) is 5.75 Å². The Bertz CT molecular complexity index is 783. The molecule has 25 heavy (non-hydrogen) atoms. The zero-order chi connectivity index (χ0) is 18.0. The van der Waals surface area contributed by atoms with Gasteiger partial charge in [0.25, 0.3) is 5.91 Å². The summed E-state index contributed by atoms with van der Waals surface area (Å²) in [4.78, 5) is 24.1. The molecule has 3 rings (SSSR count). The highest BCUT2D eigenvalue weighted by Gasteiger charge is 2.45. The number of ether oxygens (including phenoxy) is 1. The Morgan fingerprint density at radius 2 is 1.64 bits per heavy atom. The van der Waals surface area contributed by atoms with Crippen LogP contribution in [0.1, 0.15) is 22.3 Å². The van der Waals surface area contributed by atoms with E-state index < -0.39 is 17.4 Å². The van der Waals surface area contributed by atoms with Crippen molar-refractivity contribution in [3.05, 3.63) is 64.7 Å². The normalized spacial score (nSPS) is 14.6. The number of carboxylic acids is 1. The predicted octanol–water partition coefficient (Wildman–Crippen LogP) is 2.42. The summed E-state index contributed by atoms with van der Waals surface area (Å²) in [6.45, 7) is 3.69. The number of hydrogen-bond donors (Lipinski definition) is 2. The summed E-state index contributed by atoms with van der Waals surface area (Å²) in [6, 6.07) is 13.3. The predicted molar refractivity (Wildman–Crippen MR) is 93.8 cm³/mol. The molecule has 0 saturated heterocycles. The van der Waals surface area contributed by atoms with Crippen LogP contribution in [0.2, 0.25) is 0 Å². The molecular weight excluding hydrogens is 318 g/mol. The fourth-order valence-electron chi connectivity index (χ4n) is 3.38. The summed E-state index contributed by atoms with van der Waals surface area (Å²) in [6.07, 6.45) is 0.571. The molecule has 1 amide bonds. The molecule has 0 spiro atoms. The first-order chi connectivity index (χ1) is 11.9. The Hall–Kier alpha value is -2.82. The molecule has 5 nitrogen and oxygen atoms in total. The van der Waals surface area contributed by atoms with E-state index in [1.807, 2.05) is 56.3 Å². The molecule has 0 fully saturated rings. The van der Waals surface area contributed by atoms with Gasteiger partial charge in [-0.1, -0.05) is 30.3 Å². The standard InChI is InChI=1S/C20H21NO4/c1-13-7-14(2)9-17(8-13)25-12-18(22)21-20(19(23)24)10-15-5-3-4-6-16(15)11-20/h3-9H,10-12H2,1-2H3,(H,21,22)(H,23,24). The highest BCUT2D eigenvalue weighted by atomic mass is 16.5. The first kappa shape index (κ1) is 17.0. The number of aryl methyl sites for hydroxylation is 2. The van der Waals surface area contributed by atoms with Gasteiger partial charge in [-0.15, -0.1) is 0 Å². The molecule has 1 aliphatic carbocycles. The molecule has 1 aliphatic rings. The van der Waals surface area contributed by atoms with Gasteiger partial charge >= 0.3 is 5.97 Å². The molecule has 130 valence electrons. The molecule has 0 heterocycles. The molecule has 5 heteroatoms. The quantitative estimate of drug-likeness (QED) is 0.877. The monoisotopic (exact) mass is 339 g/mol. The number of carbonyl (C=O) groups excluding carboxylic acids is 1. The van der Waals surface area contributed by atoms with E-state index >= 15 is 0 Å². The number of aliphatic carboxylic acids is 1. The van der Waals surface area contributed by atoms with E-state index in [0.717, 1.165) is 22.3 Å². The number of amides is 1. The first-order valence-electron chi connectivity index (χ1n) is 8.20. The van der Waals surface area contributed by atoms with Crippen molar-refractivity contribution in [2.45, 2.75) is 32.2 Å². The topological polar surface area (TPSA) is 75.6 Å². The van der Waals surface area contributed by atoms with E-state index in [2.05, 4.69) is 5.32 Å². The van der Waals surface area contributed by atoms with Gasteiger partial charge in [-0.25, -0.2) is 4.79 Å². The maximum Gasteiger partial charge on any atom is 0.330 e. The summed E-state index contributed by atoms with van der Waals surface area (Å²) in [7, 11) is 0. The number of carbonyl (C=O) groups is 2. The second-order valence-electron chi connectivity index (χ2n) is 6.67. The van der Waals surface area contributed by atoms with Crippen LogP contribution in [0.15, 0.2) is 42.5 Å². The third kappa shape index (κ3) is 3.65. The number of hydrogen-bond acceptors (Lipinski definition) is 3. The first-order valence-corrected chi connectivity index (χ1v) is 8.20. The van der Waals surface area contributed by atoms with Crippen molar-refractivity contribution in [3.63, 3.8) is 0 Å². The number of rotatable bonds is 5. The average Bonchev–Trinajstić information content (AvgIpc) is 2.91. The molecule has 0 aromatic heterocycles. The highest BCUT2D eigenvalue weighted by molar-refractivity contribution is 5.89. The lowest BCUT2D eigenvalue weighted by molar-refractivity contribution is -0.147. The maximum absolute atomic E-state index is 12.3. The highest BCUT2D eigenvalue weighted by Crippen LogP contribution is 2.30. The lowest BCUT2D eigenvalue weighted by Crippen LogP contribution is -2.56. The van der Waals surface area contributed by atoms with Crippen molar-refractivity contribution >= 4 is 11.9 Å². The van der Waals surface area contributed by atoms with Crippen molar-refractivity contribution < 1.29 is 19.4 Å². The van der Waals surface area contributed by atoms with E-state index in [1.54, 1.807) is 0 Å². The van der Waals surface area contributed by atoms with Gasteiger partial charge in [0.15, 0.2) is 6.61 Å². The minimum absolute atomic E-state index is 0.214. The van der Waals surface area contributed by atoms with E-state index in [1.165, 1.54) is 0 Å². The number of fused-ring (bicyclic) bond motifs is 1. The lowest BCUT2D eigenvalue weighted by atomic mass is 9.96. The van der Waals surface area contributed by atoms with Gasteiger partial charge < -0.3 is 15.2 Å². The smallest absolute Gasteiger partial charge is 0.330 e. The summed E-state index contributed by atoms with van der Waals surface area (Å²) in [5, 5.41) is 12.4. The molecule has 0 atom stereocenters. The zero-order valence-electron chi connectivity index (χ0n) is 14.3. The van der Waals surface area contributed by atoms with Crippen molar-refractivity contribution in [1.82, 2.24) is 5.32 Å². The van der Waals surface area contributed by atoms with Gasteiger partial charge in [0, 0.05) is 12.8 Å². The number of nitrogens with one attached hydrogen (secondary N) is 1. The SMILES string of the molecule is Cc1cc(C)cc(OCC(=O)NC2(C(=O)O)Cc3ccccc3C2)c1. The van der Waals surface area contributed by atoms with Gasteiger partial charge in [0.1, 0.15) is 11.3 Å². The van der Waals surface area contributed by atoms with Gasteiger partial charge in [0.2, 0.25) is 0 Å². The number of benzene rings is 2. The molecule has 0 radical (unpaired) electrons. The van der Waals surface area contributed by atoms with Gasteiger partial charge in [-0.2, -0.15) is 0 Å². The summed E-state index contributed by atoms with van der Waals surface area (Å²) >= 11 is 0. The van der Waals surface area contributed by atoms with E-state index in [-0.39, 0.29) is 19.4 Å². The second-order valence-corrected chi connectivity index (χ2v) is 6.67. The van der Waals surface area contributed by atoms with Crippen LogP contribution in [0.25, 0.3) is 0 Å². The van der Waals surface area contributed by atoms with Crippen molar-refractivity contribution in [3.8, 4) is 5.75 Å². The van der Waals surface area contributed by atoms with Crippen LogP contribution in [0.3, 0.4) is 0 Å². The van der Waals surface area contributed by atoms with Gasteiger partial charge in [0.05, 0.1) is 0 Å². The van der Waals surface area contributed by atoms with Crippen LogP contribution in [0, 0.1) is 13.8 Å². The zero-order valence-corrected chi connectivity index (χ0v) is 14.3. The van der Waals surface area contributed by atoms with Crippen LogP contribution < -0.4 is 10.1 Å². The Kier molecular flexibility index (Phi) is 4.49. The van der Waals surface area contributed by atoms with Crippen LogP contribution >= 0.6 is 0 Å². The number of carboxylic acid groups (broad SMARTS) is 1. The van der Waals surface area contributed by atoms with Crippen LogP contribution in [0.4, 0.5) is 0 Å². The largest absolute Gasteiger partial charge is 0.484 e. The second kappa shape index (κ2) is 6.59. The van der Waals surface area contributed by atoms with Gasteiger partial charge in [-0.05, 0) is 48.2 Å². The molecule has 0 unspecified atom stereocenters. The third-order valence-corrected chi connectivity index (χ3v) is 4.46. The van der Waals surface area contributed by atoms with E-state index in [9.17, 15) is 14.7 Å². The lowest BCUT2D eigenvalue weighted by Gasteiger charge is -2.25. The molecular formula is C20H21NO4. The van der Waals surface area contributed by atoms with E-state index in [4.69, 9.17) is 4.74 Å². The molecule has 2 aromatic rings. The van der Waals surface area contributed by atoms with Crippen molar-refractivity contribution in [2.75, 3.05) is 6.61 Å². The fourth-order valence-corrected chi connectivity index (χ4v) is 3.38. The summed E-state index contributed by atoms with van der Waals surface area (Å²) in [5.74, 6) is -0.857. The molecule has 2 N–H and O–H groups in total. The molecule has 2 aromatic carbocycles. The molecule has 0 bridgehead atoms. The average molecular weight is 339 g/mol. The van der Waals surface area contributed by atoms with Gasteiger partial charge in [-0.3, -0.25) is 4.79 Å². The molecule has 0 saturated carbocycles. The summed E-state index contributed by atoms with van der Waals surface area (Å²) in [5.41, 5.74) is 2.71. The Morgan fingerprint density at radius 1 is 1.08 bits per heavy atom. The van der Waals surface area contributed by atoms with Crippen LogP contribution in [0.5, 0.6) is 5.75 Å². The minimum atomic E-state index is -1.30. The maximum atomic E-state index is 12.3. The Morgan fingerprint density at radius 3 is 2.16 bits per heavy atom. The Labute approximate surface area is 146 Å². The summed E-state index contributed by atoms with van der Waals surface area (Å²) < 4.78 is 5.54.